The number of hydrogen-bond donors (Lipinski definition) is 2. The molecule has 2 aliphatic heterocycles. The Morgan fingerprint density at radius 2 is 0.750 bits per heavy atom. The fourth-order valence-electron chi connectivity index (χ4n) is 4.61. The third-order valence-electron chi connectivity index (χ3n) is 6.33. The molecule has 0 bridgehead atoms. The lowest BCUT2D eigenvalue weighted by molar-refractivity contribution is 0.624. The minimum absolute atomic E-state index is 0.921. The molecule has 0 fully saturated rings. The number of rotatable bonds is 4. The van der Waals surface area contributed by atoms with Crippen LogP contribution in [0.15, 0.2) is 121 Å². The minimum atomic E-state index is -1.03. The molecule has 0 saturated carbocycles. The van der Waals surface area contributed by atoms with Gasteiger partial charge in [0.25, 0.3) is 0 Å². The van der Waals surface area contributed by atoms with Gasteiger partial charge in [-0.25, -0.2) is 0 Å². The molecule has 2 aliphatic rings. The molecule has 2 heterocycles. The van der Waals surface area contributed by atoms with Crippen molar-refractivity contribution in [3.8, 4) is 33.8 Å². The standard InChI is InChI=1S/C30H22N2O2P2/c1-5-13-27-23(9-1)25-11-3-7-15-29(25)35(33-27)31-21-17-19-22(20-18-21)32-36-30-16-8-4-12-26(30)24-10-2-6-14-28(24)34-36/h1-20,31-32H. The highest BCUT2D eigenvalue weighted by Gasteiger charge is 2.28. The maximum absolute atomic E-state index is 6.41. The van der Waals surface area contributed by atoms with Crippen molar-refractivity contribution in [1.82, 2.24) is 0 Å². The van der Waals surface area contributed by atoms with E-state index in [2.05, 4.69) is 107 Å². The van der Waals surface area contributed by atoms with Crippen LogP contribution in [0.1, 0.15) is 0 Å². The van der Waals surface area contributed by atoms with Crippen LogP contribution in [-0.4, -0.2) is 0 Å². The van der Waals surface area contributed by atoms with Crippen molar-refractivity contribution in [2.24, 2.45) is 0 Å². The summed E-state index contributed by atoms with van der Waals surface area (Å²) in [6.45, 7) is 0. The summed E-state index contributed by atoms with van der Waals surface area (Å²) in [7, 11) is -2.06. The van der Waals surface area contributed by atoms with E-state index in [0.717, 1.165) is 34.0 Å². The van der Waals surface area contributed by atoms with Crippen LogP contribution >= 0.6 is 16.6 Å². The molecule has 0 amide bonds. The zero-order valence-electron chi connectivity index (χ0n) is 19.3. The van der Waals surface area contributed by atoms with E-state index in [9.17, 15) is 0 Å². The Kier molecular flexibility index (Phi) is 5.35. The van der Waals surface area contributed by atoms with Gasteiger partial charge in [-0.05, 0) is 59.7 Å². The lowest BCUT2D eigenvalue weighted by Gasteiger charge is -2.29. The largest absolute Gasteiger partial charge is 0.448 e. The first kappa shape index (κ1) is 21.4. The van der Waals surface area contributed by atoms with Gasteiger partial charge in [-0.3, -0.25) is 0 Å². The maximum Gasteiger partial charge on any atom is 0.223 e. The van der Waals surface area contributed by atoms with Gasteiger partial charge in [0.05, 0.1) is 0 Å². The molecule has 2 atom stereocenters. The van der Waals surface area contributed by atoms with Crippen LogP contribution in [0, 0.1) is 0 Å². The van der Waals surface area contributed by atoms with Gasteiger partial charge >= 0.3 is 0 Å². The lowest BCUT2D eigenvalue weighted by atomic mass is 10.0. The SMILES string of the molecule is c1ccc2c(c1)OP(Nc1ccc(NP3Oc4ccccc4-c4ccccc43)cc1)c1ccccc1-2. The highest BCUT2D eigenvalue weighted by Crippen LogP contribution is 2.50. The maximum atomic E-state index is 6.41. The van der Waals surface area contributed by atoms with Crippen LogP contribution in [0.25, 0.3) is 22.3 Å². The fourth-order valence-corrected chi connectivity index (χ4v) is 7.89. The van der Waals surface area contributed by atoms with Crippen molar-refractivity contribution >= 4 is 38.6 Å². The molecule has 0 radical (unpaired) electrons. The summed E-state index contributed by atoms with van der Waals surface area (Å²) in [5.41, 5.74) is 6.78. The summed E-state index contributed by atoms with van der Waals surface area (Å²) < 4.78 is 12.8. The minimum Gasteiger partial charge on any atom is -0.448 e. The first-order chi connectivity index (χ1) is 17.8. The predicted molar refractivity (Wildman–Crippen MR) is 152 cm³/mol. The predicted octanol–water partition coefficient (Wildman–Crippen LogP) is 7.90. The van der Waals surface area contributed by atoms with Crippen LogP contribution < -0.4 is 29.8 Å². The van der Waals surface area contributed by atoms with E-state index in [0.29, 0.717) is 0 Å². The molecule has 0 saturated heterocycles. The van der Waals surface area contributed by atoms with E-state index in [1.807, 2.05) is 24.3 Å². The first-order valence-corrected chi connectivity index (χ1v) is 14.3. The molecule has 4 nitrogen and oxygen atoms in total. The van der Waals surface area contributed by atoms with Gasteiger partial charge < -0.3 is 19.2 Å². The molecule has 0 aromatic heterocycles. The van der Waals surface area contributed by atoms with Gasteiger partial charge in [-0.2, -0.15) is 0 Å². The van der Waals surface area contributed by atoms with Crippen LogP contribution in [0.4, 0.5) is 11.4 Å². The fraction of sp³-hybridized carbons (Fsp3) is 0. The second kappa shape index (κ2) is 8.99. The van der Waals surface area contributed by atoms with E-state index in [1.165, 1.54) is 21.7 Å². The average Bonchev–Trinajstić information content (AvgIpc) is 2.94. The molecule has 0 spiro atoms. The molecular formula is C30H22N2O2P2. The number of para-hydroxylation sites is 2. The Balaban J connectivity index is 1.12. The summed E-state index contributed by atoms with van der Waals surface area (Å²) in [5.74, 6) is 1.84. The summed E-state index contributed by atoms with van der Waals surface area (Å²) in [5, 5.41) is 9.65. The molecule has 36 heavy (non-hydrogen) atoms. The molecule has 5 aromatic carbocycles. The molecule has 2 N–H and O–H groups in total. The van der Waals surface area contributed by atoms with Crippen molar-refractivity contribution in [3.63, 3.8) is 0 Å². The summed E-state index contributed by atoms with van der Waals surface area (Å²) in [6, 6.07) is 41.8. The van der Waals surface area contributed by atoms with Gasteiger partial charge in [0.1, 0.15) is 11.5 Å². The molecule has 2 unspecified atom stereocenters. The summed E-state index contributed by atoms with van der Waals surface area (Å²) in [4.78, 5) is 0. The second-order valence-electron chi connectivity index (χ2n) is 8.60. The molecule has 6 heteroatoms. The van der Waals surface area contributed by atoms with Gasteiger partial charge in [0.15, 0.2) is 0 Å². The van der Waals surface area contributed by atoms with Crippen LogP contribution in [0.2, 0.25) is 0 Å². The Labute approximate surface area is 212 Å². The van der Waals surface area contributed by atoms with Crippen LogP contribution in [-0.2, 0) is 0 Å². The Morgan fingerprint density at radius 3 is 1.19 bits per heavy atom. The second-order valence-corrected chi connectivity index (χ2v) is 11.6. The molecule has 5 aromatic rings. The van der Waals surface area contributed by atoms with Gasteiger partial charge in [0, 0.05) is 33.1 Å². The molecule has 0 aliphatic carbocycles. The smallest absolute Gasteiger partial charge is 0.223 e. The lowest BCUT2D eigenvalue weighted by Crippen LogP contribution is -2.19. The number of nitrogens with one attached hydrogen (secondary N) is 2. The van der Waals surface area contributed by atoms with Crippen molar-refractivity contribution in [2.75, 3.05) is 10.2 Å². The highest BCUT2D eigenvalue weighted by molar-refractivity contribution is 7.63. The Bertz CT molecular complexity index is 1450. The third kappa shape index (κ3) is 3.80. The van der Waals surface area contributed by atoms with Crippen LogP contribution in [0.5, 0.6) is 11.5 Å². The summed E-state index contributed by atoms with van der Waals surface area (Å²) >= 11 is 0. The van der Waals surface area contributed by atoms with E-state index in [1.54, 1.807) is 0 Å². The third-order valence-corrected chi connectivity index (χ3v) is 9.66. The Hall–Kier alpha value is -3.84. The number of fused-ring (bicyclic) bond motifs is 6. The normalized spacial score (nSPS) is 16.8. The van der Waals surface area contributed by atoms with E-state index in [4.69, 9.17) is 9.05 Å². The zero-order valence-corrected chi connectivity index (χ0v) is 21.0. The highest BCUT2D eigenvalue weighted by atomic mass is 31.2. The van der Waals surface area contributed by atoms with Gasteiger partial charge in [-0.15, -0.1) is 0 Å². The number of benzene rings is 5. The van der Waals surface area contributed by atoms with E-state index >= 15 is 0 Å². The van der Waals surface area contributed by atoms with Crippen molar-refractivity contribution in [1.29, 1.82) is 0 Å². The van der Waals surface area contributed by atoms with Crippen LogP contribution in [0.3, 0.4) is 0 Å². The topological polar surface area (TPSA) is 42.5 Å². The number of hydrogen-bond acceptors (Lipinski definition) is 4. The Morgan fingerprint density at radius 1 is 0.389 bits per heavy atom. The zero-order chi connectivity index (χ0) is 23.9. The van der Waals surface area contributed by atoms with Gasteiger partial charge in [-0.1, -0.05) is 72.8 Å². The number of anilines is 2. The van der Waals surface area contributed by atoms with E-state index in [-0.39, 0.29) is 0 Å². The first-order valence-electron chi connectivity index (χ1n) is 11.8. The van der Waals surface area contributed by atoms with Crippen molar-refractivity contribution < 1.29 is 9.05 Å². The molecule has 7 rings (SSSR count). The summed E-state index contributed by atoms with van der Waals surface area (Å²) in [6.07, 6.45) is 0. The quantitative estimate of drug-likeness (QED) is 0.244. The van der Waals surface area contributed by atoms with Crippen molar-refractivity contribution in [3.05, 3.63) is 121 Å². The molecule has 174 valence electrons. The molecular weight excluding hydrogens is 482 g/mol. The van der Waals surface area contributed by atoms with E-state index < -0.39 is 16.6 Å². The van der Waals surface area contributed by atoms with Crippen molar-refractivity contribution in [2.45, 2.75) is 0 Å². The monoisotopic (exact) mass is 504 g/mol. The van der Waals surface area contributed by atoms with Gasteiger partial charge in [0.2, 0.25) is 16.6 Å². The average molecular weight is 504 g/mol.